The molecule has 0 radical (unpaired) electrons. The van der Waals surface area contributed by atoms with Crippen molar-refractivity contribution in [3.8, 4) is 0 Å². The summed E-state index contributed by atoms with van der Waals surface area (Å²) in [6.07, 6.45) is 4.98. The second-order valence-corrected chi connectivity index (χ2v) is 3.52. The Morgan fingerprint density at radius 1 is 1.55 bits per heavy atom. The van der Waals surface area contributed by atoms with Crippen LogP contribution in [0.1, 0.15) is 26.2 Å². The van der Waals surface area contributed by atoms with Gasteiger partial charge in [-0.15, -0.1) is 5.73 Å². The lowest BCUT2D eigenvalue weighted by Crippen LogP contribution is -2.26. The van der Waals surface area contributed by atoms with Gasteiger partial charge in [-0.1, -0.05) is 13.5 Å². The van der Waals surface area contributed by atoms with Crippen LogP contribution >= 0.6 is 0 Å². The second kappa shape index (κ2) is 3.75. The number of aliphatic hydroxyl groups is 1. The van der Waals surface area contributed by atoms with Crippen LogP contribution in [-0.2, 0) is 0 Å². The van der Waals surface area contributed by atoms with Crippen LogP contribution in [0.5, 0.6) is 0 Å². The molecule has 1 nitrogen and oxygen atoms in total. The molecule has 3 unspecified atom stereocenters. The molecule has 1 heteroatoms. The van der Waals surface area contributed by atoms with Crippen LogP contribution in [0.3, 0.4) is 0 Å². The van der Waals surface area contributed by atoms with E-state index in [-0.39, 0.29) is 6.10 Å². The highest BCUT2D eigenvalue weighted by molar-refractivity contribution is 4.92. The molecular weight excluding hydrogens is 136 g/mol. The highest BCUT2D eigenvalue weighted by Gasteiger charge is 2.24. The van der Waals surface area contributed by atoms with E-state index in [4.69, 9.17) is 0 Å². The Balaban J connectivity index is 2.50. The van der Waals surface area contributed by atoms with Crippen molar-refractivity contribution in [3.05, 3.63) is 18.4 Å². The maximum atomic E-state index is 9.57. The Labute approximate surface area is 68.4 Å². The van der Waals surface area contributed by atoms with Crippen molar-refractivity contribution < 1.29 is 5.11 Å². The molecule has 0 aromatic heterocycles. The summed E-state index contributed by atoms with van der Waals surface area (Å²) in [5.41, 5.74) is 2.75. The van der Waals surface area contributed by atoms with E-state index in [2.05, 4.69) is 19.2 Å². The molecule has 0 aliphatic heterocycles. The van der Waals surface area contributed by atoms with Crippen molar-refractivity contribution in [2.24, 2.45) is 11.8 Å². The van der Waals surface area contributed by atoms with Crippen molar-refractivity contribution in [2.75, 3.05) is 0 Å². The SMILES string of the molecule is C=C=CC1CCC(C)CC1O. The summed E-state index contributed by atoms with van der Waals surface area (Å²) in [5, 5.41) is 9.57. The van der Waals surface area contributed by atoms with Gasteiger partial charge in [-0.2, -0.15) is 0 Å². The predicted molar refractivity (Wildman–Crippen MR) is 46.2 cm³/mol. The molecule has 0 saturated heterocycles. The van der Waals surface area contributed by atoms with Crippen molar-refractivity contribution >= 4 is 0 Å². The van der Waals surface area contributed by atoms with Crippen molar-refractivity contribution in [3.63, 3.8) is 0 Å². The van der Waals surface area contributed by atoms with Gasteiger partial charge in [0, 0.05) is 5.92 Å². The summed E-state index contributed by atoms with van der Waals surface area (Å²) in [6, 6.07) is 0. The molecule has 0 spiro atoms. The normalized spacial score (nSPS) is 37.8. The van der Waals surface area contributed by atoms with E-state index >= 15 is 0 Å². The monoisotopic (exact) mass is 152 g/mol. The van der Waals surface area contributed by atoms with Gasteiger partial charge >= 0.3 is 0 Å². The smallest absolute Gasteiger partial charge is 0.0611 e. The fraction of sp³-hybridized carbons (Fsp3) is 0.700. The minimum absolute atomic E-state index is 0.159. The molecule has 11 heavy (non-hydrogen) atoms. The van der Waals surface area contributed by atoms with Gasteiger partial charge < -0.3 is 5.11 Å². The molecule has 1 N–H and O–H groups in total. The quantitative estimate of drug-likeness (QED) is 0.571. The first kappa shape index (κ1) is 8.58. The van der Waals surface area contributed by atoms with Crippen LogP contribution < -0.4 is 0 Å². The van der Waals surface area contributed by atoms with E-state index in [1.807, 2.05) is 6.08 Å². The summed E-state index contributed by atoms with van der Waals surface area (Å²) in [5.74, 6) is 0.989. The lowest BCUT2D eigenvalue weighted by atomic mass is 9.81. The van der Waals surface area contributed by atoms with E-state index < -0.39 is 0 Å². The maximum Gasteiger partial charge on any atom is 0.0611 e. The molecular formula is C10H16O. The van der Waals surface area contributed by atoms with E-state index in [0.29, 0.717) is 11.8 Å². The Hall–Kier alpha value is -0.520. The van der Waals surface area contributed by atoms with E-state index in [1.165, 1.54) is 6.42 Å². The van der Waals surface area contributed by atoms with Crippen LogP contribution in [0.4, 0.5) is 0 Å². The van der Waals surface area contributed by atoms with Crippen LogP contribution in [-0.4, -0.2) is 11.2 Å². The first-order valence-corrected chi connectivity index (χ1v) is 4.28. The molecule has 0 amide bonds. The Morgan fingerprint density at radius 3 is 2.82 bits per heavy atom. The Morgan fingerprint density at radius 2 is 2.27 bits per heavy atom. The zero-order valence-corrected chi connectivity index (χ0v) is 7.09. The summed E-state index contributed by atoms with van der Waals surface area (Å²) in [4.78, 5) is 0. The minimum atomic E-state index is -0.159. The van der Waals surface area contributed by atoms with Crippen molar-refractivity contribution in [1.29, 1.82) is 0 Å². The maximum absolute atomic E-state index is 9.57. The van der Waals surface area contributed by atoms with Crippen molar-refractivity contribution in [2.45, 2.75) is 32.3 Å². The number of aliphatic hydroxyl groups excluding tert-OH is 1. The minimum Gasteiger partial charge on any atom is -0.392 e. The second-order valence-electron chi connectivity index (χ2n) is 3.52. The topological polar surface area (TPSA) is 20.2 Å². The van der Waals surface area contributed by atoms with Crippen LogP contribution in [0.2, 0.25) is 0 Å². The Kier molecular flexibility index (Phi) is 2.92. The van der Waals surface area contributed by atoms with E-state index in [9.17, 15) is 5.11 Å². The first-order valence-electron chi connectivity index (χ1n) is 4.28. The van der Waals surface area contributed by atoms with E-state index in [1.54, 1.807) is 0 Å². The molecule has 0 bridgehead atoms. The molecule has 3 atom stereocenters. The molecule has 1 aliphatic carbocycles. The third-order valence-electron chi connectivity index (χ3n) is 2.46. The third kappa shape index (κ3) is 2.21. The zero-order valence-electron chi connectivity index (χ0n) is 7.09. The summed E-state index contributed by atoms with van der Waals surface area (Å²) in [6.45, 7) is 5.71. The van der Waals surface area contributed by atoms with Crippen molar-refractivity contribution in [1.82, 2.24) is 0 Å². The van der Waals surface area contributed by atoms with Gasteiger partial charge in [-0.05, 0) is 31.3 Å². The van der Waals surface area contributed by atoms with Crippen LogP contribution in [0.15, 0.2) is 18.4 Å². The van der Waals surface area contributed by atoms with Gasteiger partial charge in [0.2, 0.25) is 0 Å². The van der Waals surface area contributed by atoms with Gasteiger partial charge in [0.1, 0.15) is 0 Å². The van der Waals surface area contributed by atoms with Gasteiger partial charge in [-0.3, -0.25) is 0 Å². The summed E-state index contributed by atoms with van der Waals surface area (Å²) >= 11 is 0. The fourth-order valence-electron chi connectivity index (χ4n) is 1.72. The third-order valence-corrected chi connectivity index (χ3v) is 2.46. The molecule has 0 heterocycles. The fourth-order valence-corrected chi connectivity index (χ4v) is 1.72. The molecule has 1 aliphatic rings. The van der Waals surface area contributed by atoms with Crippen LogP contribution in [0.25, 0.3) is 0 Å². The molecule has 1 fully saturated rings. The first-order chi connectivity index (χ1) is 5.24. The molecule has 0 aromatic rings. The Bertz CT molecular complexity index is 168. The lowest BCUT2D eigenvalue weighted by Gasteiger charge is -2.28. The number of rotatable bonds is 1. The molecule has 1 rings (SSSR count). The van der Waals surface area contributed by atoms with Gasteiger partial charge in [0.15, 0.2) is 0 Å². The standard InChI is InChI=1S/C10H16O/c1-3-4-9-6-5-8(2)7-10(9)11/h4,8-11H,1,5-7H2,2H3. The predicted octanol–water partition coefficient (Wildman–Crippen LogP) is 2.12. The summed E-state index contributed by atoms with van der Waals surface area (Å²) in [7, 11) is 0. The lowest BCUT2D eigenvalue weighted by molar-refractivity contribution is 0.0705. The molecule has 1 saturated carbocycles. The zero-order chi connectivity index (χ0) is 8.27. The van der Waals surface area contributed by atoms with Gasteiger partial charge in [-0.25, -0.2) is 0 Å². The highest BCUT2D eigenvalue weighted by Crippen LogP contribution is 2.29. The summed E-state index contributed by atoms with van der Waals surface area (Å²) < 4.78 is 0. The van der Waals surface area contributed by atoms with E-state index in [0.717, 1.165) is 12.8 Å². The van der Waals surface area contributed by atoms with Gasteiger partial charge in [0.25, 0.3) is 0 Å². The number of hydrogen-bond acceptors (Lipinski definition) is 1. The highest BCUT2D eigenvalue weighted by atomic mass is 16.3. The molecule has 0 aromatic carbocycles. The number of hydrogen-bond donors (Lipinski definition) is 1. The average molecular weight is 152 g/mol. The van der Waals surface area contributed by atoms with Crippen LogP contribution in [0, 0.1) is 11.8 Å². The largest absolute Gasteiger partial charge is 0.392 e. The average Bonchev–Trinajstić information content (AvgIpc) is 1.95. The molecule has 62 valence electrons. The van der Waals surface area contributed by atoms with Gasteiger partial charge in [0.05, 0.1) is 6.10 Å².